The molecule has 1 aromatic carbocycles. The molecule has 3 rings (SSSR count). The summed E-state index contributed by atoms with van der Waals surface area (Å²) < 4.78 is 47.3. The number of aliphatic imine (C=N–C) groups is 1. The summed E-state index contributed by atoms with van der Waals surface area (Å²) in [7, 11) is 0. The highest BCUT2D eigenvalue weighted by Gasteiger charge is 2.58. The second kappa shape index (κ2) is 7.79. The third-order valence-electron chi connectivity index (χ3n) is 4.92. The van der Waals surface area contributed by atoms with Crippen LogP contribution in [0, 0.1) is 11.3 Å². The first-order valence-corrected chi connectivity index (χ1v) is 8.25. The van der Waals surface area contributed by atoms with Gasteiger partial charge >= 0.3 is 6.36 Å². The third-order valence-corrected chi connectivity index (χ3v) is 4.92. The van der Waals surface area contributed by atoms with Crippen LogP contribution in [0.3, 0.4) is 0 Å². The molecule has 0 bridgehead atoms. The van der Waals surface area contributed by atoms with Gasteiger partial charge in [-0.05, 0) is 25.0 Å². The molecule has 1 aromatic rings. The Morgan fingerprint density at radius 1 is 1.35 bits per heavy atom. The quantitative estimate of drug-likeness (QED) is 0.384. The lowest BCUT2D eigenvalue weighted by Crippen LogP contribution is -2.64. The van der Waals surface area contributed by atoms with Crippen molar-refractivity contribution in [3.8, 4) is 5.75 Å². The van der Waals surface area contributed by atoms with E-state index in [-0.39, 0.29) is 58.9 Å². The van der Waals surface area contributed by atoms with Crippen molar-refractivity contribution in [2.75, 3.05) is 11.9 Å². The molecule has 2 aliphatic rings. The summed E-state index contributed by atoms with van der Waals surface area (Å²) in [5.74, 6) is 0.0194. The summed E-state index contributed by atoms with van der Waals surface area (Å²) in [5.41, 5.74) is 5.92. The summed E-state index contributed by atoms with van der Waals surface area (Å²) in [6.45, 7) is 4.90. The second-order valence-corrected chi connectivity index (χ2v) is 7.05. The van der Waals surface area contributed by atoms with Crippen molar-refractivity contribution < 1.29 is 22.6 Å². The Labute approximate surface area is 167 Å². The maximum absolute atomic E-state index is 12.5. The first kappa shape index (κ1) is 21.1. The minimum Gasteiger partial charge on any atom is -0.404 e. The van der Waals surface area contributed by atoms with Gasteiger partial charge in [0.25, 0.3) is 0 Å². The number of nitrogens with zero attached hydrogens (tertiary/aromatic N) is 1. The van der Waals surface area contributed by atoms with Gasteiger partial charge in [0, 0.05) is 17.9 Å². The average molecular weight is 485 g/mol. The lowest BCUT2D eigenvalue weighted by Gasteiger charge is -2.58. The zero-order valence-electron chi connectivity index (χ0n) is 14.5. The van der Waals surface area contributed by atoms with Gasteiger partial charge in [0.15, 0.2) is 11.7 Å². The third kappa shape index (κ3) is 4.36. The number of benzene rings is 1. The molecule has 1 saturated heterocycles. The maximum Gasteiger partial charge on any atom is 0.573 e. The molecule has 9 heteroatoms. The zero-order valence-corrected chi connectivity index (χ0v) is 16.9. The number of ether oxygens (including phenoxy) is 2. The van der Waals surface area contributed by atoms with Crippen molar-refractivity contribution in [2.45, 2.75) is 45.2 Å². The fourth-order valence-electron chi connectivity index (χ4n) is 3.86. The van der Waals surface area contributed by atoms with Crippen LogP contribution in [-0.4, -0.2) is 31.1 Å². The molecular weight excluding hydrogens is 462 g/mol. The van der Waals surface area contributed by atoms with Crippen LogP contribution >= 0.6 is 24.0 Å². The molecule has 1 aliphatic carbocycles. The van der Waals surface area contributed by atoms with E-state index in [0.29, 0.717) is 5.92 Å². The number of nitrogens with one attached hydrogen (secondary N) is 1. The van der Waals surface area contributed by atoms with E-state index in [4.69, 9.17) is 10.5 Å². The van der Waals surface area contributed by atoms with E-state index in [1.165, 1.54) is 18.2 Å². The van der Waals surface area contributed by atoms with Gasteiger partial charge in [-0.2, -0.15) is 0 Å². The summed E-state index contributed by atoms with van der Waals surface area (Å²) in [4.78, 5) is 4.52. The zero-order chi connectivity index (χ0) is 18.2. The van der Waals surface area contributed by atoms with Crippen LogP contribution in [0.15, 0.2) is 29.3 Å². The number of hydrogen-bond donors (Lipinski definition) is 2. The van der Waals surface area contributed by atoms with Gasteiger partial charge in [-0.15, -0.1) is 37.1 Å². The molecule has 146 valence electrons. The summed E-state index contributed by atoms with van der Waals surface area (Å²) in [6, 6.07) is 5.71. The lowest BCUT2D eigenvalue weighted by molar-refractivity contribution is -0.274. The number of guanidine groups is 1. The van der Waals surface area contributed by atoms with E-state index in [0.717, 1.165) is 19.4 Å². The monoisotopic (exact) mass is 485 g/mol. The van der Waals surface area contributed by atoms with Gasteiger partial charge < -0.3 is 20.5 Å². The smallest absolute Gasteiger partial charge is 0.404 e. The molecule has 1 heterocycles. The Morgan fingerprint density at radius 3 is 2.73 bits per heavy atom. The van der Waals surface area contributed by atoms with Crippen LogP contribution in [0.4, 0.5) is 18.9 Å². The predicted molar refractivity (Wildman–Crippen MR) is 104 cm³/mol. The molecule has 0 aromatic heterocycles. The Balaban J connectivity index is 0.00000243. The molecule has 5 nitrogen and oxygen atoms in total. The minimum atomic E-state index is -4.77. The number of fused-ring (bicyclic) bond motifs is 1. The van der Waals surface area contributed by atoms with E-state index in [1.54, 1.807) is 6.07 Å². The van der Waals surface area contributed by atoms with Crippen LogP contribution in [0.1, 0.15) is 26.7 Å². The van der Waals surface area contributed by atoms with Gasteiger partial charge in [-0.3, -0.25) is 0 Å². The molecule has 1 aliphatic heterocycles. The average Bonchev–Trinajstić information content (AvgIpc) is 2.53. The summed E-state index contributed by atoms with van der Waals surface area (Å²) in [6.07, 6.45) is -2.61. The molecule has 0 amide bonds. The molecule has 3 atom stereocenters. The Hall–Kier alpha value is -1.23. The molecule has 26 heavy (non-hydrogen) atoms. The van der Waals surface area contributed by atoms with Crippen LogP contribution in [0.2, 0.25) is 0 Å². The Bertz CT molecular complexity index is 667. The minimum absolute atomic E-state index is 0. The first-order valence-electron chi connectivity index (χ1n) is 8.25. The molecule has 0 spiro atoms. The molecule has 2 fully saturated rings. The van der Waals surface area contributed by atoms with Crippen molar-refractivity contribution in [3.05, 3.63) is 24.3 Å². The van der Waals surface area contributed by atoms with Crippen LogP contribution in [0.5, 0.6) is 5.75 Å². The van der Waals surface area contributed by atoms with E-state index in [9.17, 15) is 13.2 Å². The van der Waals surface area contributed by atoms with E-state index < -0.39 is 6.36 Å². The van der Waals surface area contributed by atoms with E-state index >= 15 is 0 Å². The van der Waals surface area contributed by atoms with E-state index in [1.807, 2.05) is 0 Å². The van der Waals surface area contributed by atoms with Crippen molar-refractivity contribution >= 4 is 35.6 Å². The van der Waals surface area contributed by atoms with Crippen molar-refractivity contribution in [1.82, 2.24) is 0 Å². The van der Waals surface area contributed by atoms with Crippen LogP contribution in [0.25, 0.3) is 0 Å². The summed E-state index contributed by atoms with van der Waals surface area (Å²) in [5, 5.41) is 2.73. The largest absolute Gasteiger partial charge is 0.573 e. The fourth-order valence-corrected chi connectivity index (χ4v) is 3.86. The SMILES string of the molecule is CC1(C)C(N=C(N)Nc2ccccc2OC(F)(F)F)C2CCCOC21.I. The predicted octanol–water partition coefficient (Wildman–Crippen LogP) is 4.13. The maximum atomic E-state index is 12.5. The second-order valence-electron chi connectivity index (χ2n) is 7.05. The molecule has 3 unspecified atom stereocenters. The Kier molecular flexibility index (Phi) is 6.32. The molecule has 1 saturated carbocycles. The highest BCUT2D eigenvalue weighted by atomic mass is 127. The first-order chi connectivity index (χ1) is 11.7. The topological polar surface area (TPSA) is 68.9 Å². The van der Waals surface area contributed by atoms with E-state index in [2.05, 4.69) is 28.9 Å². The number of halogens is 4. The number of para-hydroxylation sites is 2. The Morgan fingerprint density at radius 2 is 2.04 bits per heavy atom. The number of nitrogens with two attached hydrogens (primary N) is 1. The lowest BCUT2D eigenvalue weighted by atomic mass is 9.55. The number of anilines is 1. The highest BCUT2D eigenvalue weighted by molar-refractivity contribution is 14.0. The molecular formula is C17H23F3IN3O2. The number of rotatable bonds is 3. The van der Waals surface area contributed by atoms with Gasteiger partial charge in [0.1, 0.15) is 0 Å². The van der Waals surface area contributed by atoms with Crippen LogP contribution < -0.4 is 15.8 Å². The van der Waals surface area contributed by atoms with Gasteiger partial charge in [-0.1, -0.05) is 26.0 Å². The van der Waals surface area contributed by atoms with Crippen molar-refractivity contribution in [1.29, 1.82) is 0 Å². The normalized spacial score (nSPS) is 27.6. The van der Waals surface area contributed by atoms with Crippen molar-refractivity contribution in [3.63, 3.8) is 0 Å². The number of hydrogen-bond acceptors (Lipinski definition) is 3. The number of alkyl halides is 3. The van der Waals surface area contributed by atoms with Crippen molar-refractivity contribution in [2.24, 2.45) is 22.1 Å². The molecule has 3 N–H and O–H groups in total. The summed E-state index contributed by atoms with van der Waals surface area (Å²) >= 11 is 0. The van der Waals surface area contributed by atoms with Crippen LogP contribution in [-0.2, 0) is 4.74 Å². The van der Waals surface area contributed by atoms with Gasteiger partial charge in [-0.25, -0.2) is 4.99 Å². The standard InChI is InChI=1S/C17H22F3N3O2.HI/c1-16(2)13(10-6-5-9-24-14(10)16)23-15(21)22-11-7-3-4-8-12(11)25-17(18,19)20;/h3-4,7-8,10,13-14H,5-6,9H2,1-2H3,(H3,21,22,23);1H. The fraction of sp³-hybridized carbons (Fsp3) is 0.588. The molecule has 0 radical (unpaired) electrons. The van der Waals surface area contributed by atoms with Gasteiger partial charge in [0.05, 0.1) is 17.8 Å². The van der Waals surface area contributed by atoms with Gasteiger partial charge in [0.2, 0.25) is 0 Å². The highest BCUT2D eigenvalue weighted by Crippen LogP contribution is 2.53.